The lowest BCUT2D eigenvalue weighted by Crippen LogP contribution is -2.12. The summed E-state index contributed by atoms with van der Waals surface area (Å²) in [6.07, 6.45) is 3.21. The fourth-order valence-corrected chi connectivity index (χ4v) is 2.79. The van der Waals surface area contributed by atoms with Crippen molar-refractivity contribution in [3.05, 3.63) is 47.5 Å². The molecule has 0 N–H and O–H groups in total. The van der Waals surface area contributed by atoms with Gasteiger partial charge in [-0.1, -0.05) is 36.4 Å². The van der Waals surface area contributed by atoms with Gasteiger partial charge in [-0.3, -0.25) is 0 Å². The largest absolute Gasteiger partial charge is 0.237 e. The minimum Gasteiger partial charge on any atom is -0.237 e. The van der Waals surface area contributed by atoms with Crippen LogP contribution >= 0.6 is 11.3 Å². The minimum absolute atomic E-state index is 0.841. The molecule has 0 aliphatic carbocycles. The molecule has 0 saturated heterocycles. The zero-order valence-corrected chi connectivity index (χ0v) is 10.3. The van der Waals surface area contributed by atoms with Gasteiger partial charge in [0.15, 0.2) is 0 Å². The first kappa shape index (κ1) is 10.7. The molecule has 0 fully saturated rings. The summed E-state index contributed by atoms with van der Waals surface area (Å²) < 4.78 is 0. The van der Waals surface area contributed by atoms with Crippen LogP contribution < -0.4 is 5.32 Å². The van der Waals surface area contributed by atoms with Gasteiger partial charge in [0.05, 0.1) is 5.69 Å². The van der Waals surface area contributed by atoms with Crippen molar-refractivity contribution in [1.29, 1.82) is 0 Å². The molecule has 17 heavy (non-hydrogen) atoms. The molecule has 1 radical (unpaired) electrons. The van der Waals surface area contributed by atoms with Crippen molar-refractivity contribution in [3.63, 3.8) is 0 Å². The van der Waals surface area contributed by atoms with Crippen LogP contribution in [0.2, 0.25) is 0 Å². The number of hydrogen-bond acceptors (Lipinski definition) is 2. The first-order valence-corrected chi connectivity index (χ1v) is 6.65. The van der Waals surface area contributed by atoms with Crippen LogP contribution in [0.3, 0.4) is 0 Å². The average molecular weight is 241 g/mol. The smallest absolute Gasteiger partial charge is 0.124 e. The number of hydrogen-bond donors (Lipinski definition) is 0. The van der Waals surface area contributed by atoms with E-state index in [9.17, 15) is 0 Å². The van der Waals surface area contributed by atoms with E-state index >= 15 is 0 Å². The standard InChI is InChI=1S/C14H13N2S/c1-2-4-12(5-3-1)14-16-13(10-17-14)11-6-8-15-9-7-11/h1-6,10H,7-9H2. The zero-order chi connectivity index (χ0) is 11.5. The van der Waals surface area contributed by atoms with Gasteiger partial charge < -0.3 is 0 Å². The molecule has 1 aliphatic heterocycles. The van der Waals surface area contributed by atoms with Crippen LogP contribution in [0.4, 0.5) is 0 Å². The van der Waals surface area contributed by atoms with Crippen molar-refractivity contribution >= 4 is 16.9 Å². The molecule has 1 aliphatic rings. The Balaban J connectivity index is 1.90. The number of thiazole rings is 1. The fourth-order valence-electron chi connectivity index (χ4n) is 1.93. The molecule has 2 heterocycles. The molecule has 0 amide bonds. The van der Waals surface area contributed by atoms with E-state index in [1.165, 1.54) is 11.1 Å². The van der Waals surface area contributed by atoms with Gasteiger partial charge in [-0.25, -0.2) is 10.3 Å². The lowest BCUT2D eigenvalue weighted by molar-refractivity contribution is 0.722. The topological polar surface area (TPSA) is 27.0 Å². The first-order chi connectivity index (χ1) is 8.43. The summed E-state index contributed by atoms with van der Waals surface area (Å²) in [6, 6.07) is 10.3. The van der Waals surface area contributed by atoms with Crippen LogP contribution in [0.25, 0.3) is 16.1 Å². The lowest BCUT2D eigenvalue weighted by atomic mass is 10.1. The SMILES string of the molecule is C1=C(c2csc(-c3ccccc3)n2)CC[N]C1. The number of nitrogens with zero attached hydrogens (tertiary/aromatic N) is 2. The monoisotopic (exact) mass is 241 g/mol. The molecule has 0 bridgehead atoms. The van der Waals surface area contributed by atoms with E-state index in [-0.39, 0.29) is 0 Å². The predicted octanol–water partition coefficient (Wildman–Crippen LogP) is 3.20. The van der Waals surface area contributed by atoms with Crippen molar-refractivity contribution in [2.45, 2.75) is 6.42 Å². The number of benzene rings is 1. The minimum atomic E-state index is 0.841. The van der Waals surface area contributed by atoms with Crippen molar-refractivity contribution in [2.24, 2.45) is 0 Å². The Kier molecular flexibility index (Phi) is 3.03. The van der Waals surface area contributed by atoms with Crippen molar-refractivity contribution < 1.29 is 0 Å². The van der Waals surface area contributed by atoms with E-state index in [4.69, 9.17) is 4.98 Å². The second-order valence-corrected chi connectivity index (χ2v) is 4.87. The highest BCUT2D eigenvalue weighted by Crippen LogP contribution is 2.28. The molecule has 1 aromatic heterocycles. The molecular weight excluding hydrogens is 228 g/mol. The predicted molar refractivity (Wildman–Crippen MR) is 72.0 cm³/mol. The maximum atomic E-state index is 4.71. The van der Waals surface area contributed by atoms with Crippen molar-refractivity contribution in [3.8, 4) is 10.6 Å². The third-order valence-corrected chi connectivity index (χ3v) is 3.75. The highest BCUT2D eigenvalue weighted by atomic mass is 32.1. The van der Waals surface area contributed by atoms with Crippen molar-refractivity contribution in [2.75, 3.05) is 13.1 Å². The molecule has 0 unspecified atom stereocenters. The average Bonchev–Trinajstić information content (AvgIpc) is 2.90. The van der Waals surface area contributed by atoms with Crippen LogP contribution in [0.15, 0.2) is 41.8 Å². The summed E-state index contributed by atoms with van der Waals surface area (Å²) >= 11 is 1.71. The molecule has 0 atom stereocenters. The summed E-state index contributed by atoms with van der Waals surface area (Å²) in [6.45, 7) is 1.78. The zero-order valence-electron chi connectivity index (χ0n) is 9.47. The highest BCUT2D eigenvalue weighted by Gasteiger charge is 2.10. The number of rotatable bonds is 2. The summed E-state index contributed by atoms with van der Waals surface area (Å²) in [4.78, 5) is 4.71. The van der Waals surface area contributed by atoms with Crippen molar-refractivity contribution in [1.82, 2.24) is 10.3 Å². The van der Waals surface area contributed by atoms with Gasteiger partial charge in [0.2, 0.25) is 0 Å². The van der Waals surface area contributed by atoms with Crippen LogP contribution in [0, 0.1) is 0 Å². The molecule has 2 aromatic rings. The van der Waals surface area contributed by atoms with E-state index in [1.54, 1.807) is 11.3 Å². The van der Waals surface area contributed by atoms with Gasteiger partial charge in [0.25, 0.3) is 0 Å². The molecule has 0 saturated carbocycles. The van der Waals surface area contributed by atoms with Gasteiger partial charge in [0.1, 0.15) is 5.01 Å². The van der Waals surface area contributed by atoms with Crippen LogP contribution in [0.5, 0.6) is 0 Å². The van der Waals surface area contributed by atoms with Crippen LogP contribution in [0.1, 0.15) is 12.1 Å². The summed E-state index contributed by atoms with van der Waals surface area (Å²) in [5, 5.41) is 7.57. The molecule has 3 rings (SSSR count). The van der Waals surface area contributed by atoms with Crippen LogP contribution in [-0.2, 0) is 0 Å². The Morgan fingerprint density at radius 3 is 2.76 bits per heavy atom. The third-order valence-electron chi connectivity index (χ3n) is 2.86. The Hall–Kier alpha value is -1.45. The fraction of sp³-hybridized carbons (Fsp3) is 0.214. The van der Waals surface area contributed by atoms with Gasteiger partial charge in [-0.05, 0) is 12.0 Å². The van der Waals surface area contributed by atoms with E-state index in [1.807, 2.05) is 6.07 Å². The summed E-state index contributed by atoms with van der Waals surface area (Å²) in [5.41, 5.74) is 3.67. The Labute approximate surface area is 105 Å². The molecule has 85 valence electrons. The van der Waals surface area contributed by atoms with Gasteiger partial charge in [-0.2, -0.15) is 0 Å². The quantitative estimate of drug-likeness (QED) is 0.793. The first-order valence-electron chi connectivity index (χ1n) is 5.77. The molecule has 1 aromatic carbocycles. The van der Waals surface area contributed by atoms with Gasteiger partial charge in [-0.15, -0.1) is 11.3 Å². The molecule has 3 heteroatoms. The molecule has 0 spiro atoms. The number of aromatic nitrogens is 1. The molecule has 2 nitrogen and oxygen atoms in total. The van der Waals surface area contributed by atoms with Gasteiger partial charge in [0, 0.05) is 24.0 Å². The second kappa shape index (κ2) is 4.82. The Bertz CT molecular complexity index is 528. The summed E-state index contributed by atoms with van der Waals surface area (Å²) in [5.74, 6) is 0. The van der Waals surface area contributed by atoms with E-state index in [0.29, 0.717) is 0 Å². The second-order valence-electron chi connectivity index (χ2n) is 4.01. The van der Waals surface area contributed by atoms with E-state index in [0.717, 1.165) is 30.2 Å². The lowest BCUT2D eigenvalue weighted by Gasteiger charge is -2.09. The Morgan fingerprint density at radius 1 is 1.12 bits per heavy atom. The third kappa shape index (κ3) is 2.30. The van der Waals surface area contributed by atoms with Crippen LogP contribution in [-0.4, -0.2) is 18.1 Å². The normalized spacial score (nSPS) is 15.6. The molecular formula is C14H13N2S. The maximum absolute atomic E-state index is 4.71. The highest BCUT2D eigenvalue weighted by molar-refractivity contribution is 7.13. The Morgan fingerprint density at radius 2 is 2.00 bits per heavy atom. The van der Waals surface area contributed by atoms with Gasteiger partial charge >= 0.3 is 0 Å². The van der Waals surface area contributed by atoms with E-state index in [2.05, 4.69) is 41.0 Å². The van der Waals surface area contributed by atoms with E-state index < -0.39 is 0 Å². The summed E-state index contributed by atoms with van der Waals surface area (Å²) in [7, 11) is 0. The maximum Gasteiger partial charge on any atom is 0.124 e.